The van der Waals surface area contributed by atoms with Gasteiger partial charge in [0.25, 0.3) is 5.91 Å². The SMILES string of the molecule is CNC(=O)c1nc2c(s1)C(C(N)=O)COc1ccc(C#CC(C)(C)O)cc1-2. The average Bonchev–Trinajstić information content (AvgIpc) is 2.97. The Morgan fingerprint density at radius 2 is 2.19 bits per heavy atom. The summed E-state index contributed by atoms with van der Waals surface area (Å²) >= 11 is 1.12. The number of nitrogens with zero attached hydrogens (tertiary/aromatic N) is 1. The van der Waals surface area contributed by atoms with Crippen molar-refractivity contribution >= 4 is 23.2 Å². The van der Waals surface area contributed by atoms with Gasteiger partial charge < -0.3 is 20.9 Å². The number of fused-ring (bicyclic) bond motifs is 3. The molecule has 3 rings (SSSR count). The Morgan fingerprint density at radius 3 is 2.81 bits per heavy atom. The second-order valence-electron chi connectivity index (χ2n) is 6.60. The Kier molecular flexibility index (Phi) is 4.91. The maximum atomic E-state index is 12.0. The molecule has 0 radical (unpaired) electrons. The monoisotopic (exact) mass is 385 g/mol. The van der Waals surface area contributed by atoms with Crippen molar-refractivity contribution in [2.24, 2.45) is 5.73 Å². The molecule has 1 aliphatic heterocycles. The predicted molar refractivity (Wildman–Crippen MR) is 102 cm³/mol. The van der Waals surface area contributed by atoms with Gasteiger partial charge in [0.05, 0.1) is 5.69 Å². The van der Waals surface area contributed by atoms with Crippen LogP contribution >= 0.6 is 11.3 Å². The summed E-state index contributed by atoms with van der Waals surface area (Å²) < 4.78 is 5.76. The van der Waals surface area contributed by atoms with Crippen LogP contribution in [0.25, 0.3) is 11.3 Å². The lowest BCUT2D eigenvalue weighted by Crippen LogP contribution is -2.25. The van der Waals surface area contributed by atoms with Crippen molar-refractivity contribution in [1.82, 2.24) is 10.3 Å². The summed E-state index contributed by atoms with van der Waals surface area (Å²) in [7, 11) is 1.52. The molecule has 0 bridgehead atoms. The van der Waals surface area contributed by atoms with Crippen LogP contribution in [0.5, 0.6) is 5.75 Å². The fourth-order valence-corrected chi connectivity index (χ4v) is 3.69. The van der Waals surface area contributed by atoms with Crippen molar-refractivity contribution in [2.75, 3.05) is 13.7 Å². The van der Waals surface area contributed by atoms with Gasteiger partial charge in [0.2, 0.25) is 5.91 Å². The first-order chi connectivity index (χ1) is 12.7. The lowest BCUT2D eigenvalue weighted by atomic mass is 10.0. The molecule has 140 valence electrons. The quantitative estimate of drug-likeness (QED) is 0.673. The van der Waals surface area contributed by atoms with E-state index in [0.717, 1.165) is 11.3 Å². The highest BCUT2D eigenvalue weighted by atomic mass is 32.1. The Balaban J connectivity index is 2.17. The van der Waals surface area contributed by atoms with Gasteiger partial charge in [-0.05, 0) is 32.0 Å². The third kappa shape index (κ3) is 3.94. The van der Waals surface area contributed by atoms with E-state index in [4.69, 9.17) is 10.5 Å². The highest BCUT2D eigenvalue weighted by Crippen LogP contribution is 2.42. The van der Waals surface area contributed by atoms with Crippen molar-refractivity contribution in [3.8, 4) is 28.8 Å². The predicted octanol–water partition coefficient (Wildman–Crippen LogP) is 1.25. The van der Waals surface area contributed by atoms with Crippen LogP contribution in [-0.2, 0) is 4.79 Å². The Bertz CT molecular complexity index is 979. The Labute approximate surface area is 160 Å². The molecular weight excluding hydrogens is 366 g/mol. The van der Waals surface area contributed by atoms with E-state index < -0.39 is 17.4 Å². The number of ether oxygens (including phenoxy) is 1. The molecule has 1 aromatic heterocycles. The number of hydrogen-bond acceptors (Lipinski definition) is 6. The lowest BCUT2D eigenvalue weighted by Gasteiger charge is -2.10. The molecule has 0 fully saturated rings. The molecule has 0 spiro atoms. The summed E-state index contributed by atoms with van der Waals surface area (Å²) in [4.78, 5) is 29.0. The molecule has 2 amide bonds. The minimum absolute atomic E-state index is 0.0689. The molecule has 1 atom stereocenters. The summed E-state index contributed by atoms with van der Waals surface area (Å²) in [6.07, 6.45) is 0. The highest BCUT2D eigenvalue weighted by Gasteiger charge is 2.32. The first-order valence-corrected chi connectivity index (χ1v) is 9.06. The highest BCUT2D eigenvalue weighted by molar-refractivity contribution is 7.14. The van der Waals surface area contributed by atoms with Gasteiger partial charge in [-0.1, -0.05) is 11.8 Å². The van der Waals surface area contributed by atoms with E-state index in [-0.39, 0.29) is 17.5 Å². The number of carbonyl (C=O) groups excluding carboxylic acids is 2. The number of primary amides is 1. The average molecular weight is 385 g/mol. The fourth-order valence-electron chi connectivity index (χ4n) is 2.57. The molecule has 0 saturated heterocycles. The number of nitrogens with two attached hydrogens (primary N) is 1. The zero-order valence-electron chi connectivity index (χ0n) is 15.1. The number of amides is 2. The number of benzene rings is 1. The van der Waals surface area contributed by atoms with Gasteiger partial charge in [-0.2, -0.15) is 0 Å². The van der Waals surface area contributed by atoms with E-state index in [9.17, 15) is 14.7 Å². The van der Waals surface area contributed by atoms with Crippen LogP contribution in [0, 0.1) is 11.8 Å². The van der Waals surface area contributed by atoms with Crippen LogP contribution in [0.1, 0.15) is 40.0 Å². The Morgan fingerprint density at radius 1 is 1.44 bits per heavy atom. The molecule has 0 aliphatic carbocycles. The molecule has 1 aliphatic rings. The molecular formula is C19H19N3O4S. The van der Waals surface area contributed by atoms with Crippen LogP contribution in [0.3, 0.4) is 0 Å². The molecule has 0 saturated carbocycles. The summed E-state index contributed by atoms with van der Waals surface area (Å²) in [6, 6.07) is 5.26. The van der Waals surface area contributed by atoms with Gasteiger partial charge in [-0.25, -0.2) is 4.98 Å². The number of carbonyl (C=O) groups is 2. The summed E-state index contributed by atoms with van der Waals surface area (Å²) in [5.41, 5.74) is 6.18. The number of nitrogens with one attached hydrogen (secondary N) is 1. The molecule has 4 N–H and O–H groups in total. The van der Waals surface area contributed by atoms with Gasteiger partial charge in [-0.3, -0.25) is 9.59 Å². The van der Waals surface area contributed by atoms with Crippen LogP contribution in [0.4, 0.5) is 0 Å². The second kappa shape index (κ2) is 7.02. The minimum atomic E-state index is -1.13. The smallest absolute Gasteiger partial charge is 0.280 e. The third-order valence-corrected chi connectivity index (χ3v) is 5.06. The summed E-state index contributed by atoms with van der Waals surface area (Å²) in [5, 5.41) is 12.6. The zero-order chi connectivity index (χ0) is 19.8. The van der Waals surface area contributed by atoms with Gasteiger partial charge in [0.1, 0.15) is 23.9 Å². The molecule has 7 nitrogen and oxygen atoms in total. The largest absolute Gasteiger partial charge is 0.492 e. The van der Waals surface area contributed by atoms with E-state index >= 15 is 0 Å². The van der Waals surface area contributed by atoms with Crippen molar-refractivity contribution in [1.29, 1.82) is 0 Å². The molecule has 8 heteroatoms. The van der Waals surface area contributed by atoms with E-state index in [1.807, 2.05) is 0 Å². The van der Waals surface area contributed by atoms with E-state index in [0.29, 0.717) is 27.4 Å². The van der Waals surface area contributed by atoms with Gasteiger partial charge in [0, 0.05) is 23.1 Å². The maximum Gasteiger partial charge on any atom is 0.280 e. The second-order valence-corrected chi connectivity index (χ2v) is 7.63. The van der Waals surface area contributed by atoms with Crippen LogP contribution < -0.4 is 15.8 Å². The molecule has 1 unspecified atom stereocenters. The zero-order valence-corrected chi connectivity index (χ0v) is 15.9. The molecule has 1 aromatic carbocycles. The number of hydrogen-bond donors (Lipinski definition) is 3. The first-order valence-electron chi connectivity index (χ1n) is 8.24. The Hall–Kier alpha value is -2.89. The first kappa shape index (κ1) is 18.9. The van der Waals surface area contributed by atoms with E-state index in [2.05, 4.69) is 22.1 Å². The summed E-state index contributed by atoms with van der Waals surface area (Å²) in [5.74, 6) is 4.61. The number of rotatable bonds is 2. The molecule has 2 heterocycles. The standard InChI is InChI=1S/C19H19N3O4S/c1-19(2,25)7-6-10-4-5-13-11(8-10)14-15(12(9-26-13)16(20)23)27-18(22-14)17(24)21-3/h4-5,8,12,25H,9H2,1-3H3,(H2,20,23)(H,21,24). The molecule has 2 aromatic rings. The van der Waals surface area contributed by atoms with E-state index in [1.54, 1.807) is 32.0 Å². The lowest BCUT2D eigenvalue weighted by molar-refractivity contribution is -0.120. The minimum Gasteiger partial charge on any atom is -0.492 e. The van der Waals surface area contributed by atoms with Crippen molar-refractivity contribution in [3.63, 3.8) is 0 Å². The number of aromatic nitrogens is 1. The summed E-state index contributed by atoms with van der Waals surface area (Å²) in [6.45, 7) is 3.26. The third-order valence-electron chi connectivity index (χ3n) is 3.89. The van der Waals surface area contributed by atoms with Crippen LogP contribution in [0.2, 0.25) is 0 Å². The van der Waals surface area contributed by atoms with Gasteiger partial charge >= 0.3 is 0 Å². The van der Waals surface area contributed by atoms with Gasteiger partial charge in [-0.15, -0.1) is 11.3 Å². The van der Waals surface area contributed by atoms with Crippen molar-refractivity contribution < 1.29 is 19.4 Å². The molecule has 27 heavy (non-hydrogen) atoms. The number of thiazole rings is 1. The van der Waals surface area contributed by atoms with Crippen LogP contribution in [0.15, 0.2) is 18.2 Å². The maximum absolute atomic E-state index is 12.0. The topological polar surface area (TPSA) is 115 Å². The normalized spacial score (nSPS) is 15.3. The number of aliphatic hydroxyl groups is 1. The van der Waals surface area contributed by atoms with E-state index in [1.165, 1.54) is 7.05 Å². The van der Waals surface area contributed by atoms with Crippen molar-refractivity contribution in [3.05, 3.63) is 33.6 Å². The van der Waals surface area contributed by atoms with Gasteiger partial charge in [0.15, 0.2) is 5.01 Å². The fraction of sp³-hybridized carbons (Fsp3) is 0.316. The van der Waals surface area contributed by atoms with Crippen molar-refractivity contribution in [2.45, 2.75) is 25.4 Å². The van der Waals surface area contributed by atoms with Crippen LogP contribution in [-0.4, -0.2) is 41.2 Å².